The molecule has 0 aromatic heterocycles. The van der Waals surface area contributed by atoms with E-state index in [-0.39, 0.29) is 0 Å². The van der Waals surface area contributed by atoms with Crippen LogP contribution in [0.3, 0.4) is 0 Å². The molecule has 14 heavy (non-hydrogen) atoms. The summed E-state index contributed by atoms with van der Waals surface area (Å²) in [6.07, 6.45) is 4.34. The van der Waals surface area contributed by atoms with Gasteiger partial charge in [-0.2, -0.15) is 0 Å². The molecule has 0 radical (unpaired) electrons. The van der Waals surface area contributed by atoms with Gasteiger partial charge in [0.25, 0.3) is 0 Å². The van der Waals surface area contributed by atoms with Gasteiger partial charge in [-0.25, -0.2) is 0 Å². The summed E-state index contributed by atoms with van der Waals surface area (Å²) in [6, 6.07) is 0.716. The van der Waals surface area contributed by atoms with Crippen LogP contribution in [0.15, 0.2) is 0 Å². The van der Waals surface area contributed by atoms with Crippen molar-refractivity contribution in [1.29, 1.82) is 0 Å². The highest BCUT2D eigenvalue weighted by Gasteiger charge is 2.30. The first-order valence-corrected chi connectivity index (χ1v) is 5.88. The molecule has 1 rings (SSSR count). The van der Waals surface area contributed by atoms with Crippen molar-refractivity contribution in [3.05, 3.63) is 0 Å². The van der Waals surface area contributed by atoms with Crippen LogP contribution in [0.4, 0.5) is 0 Å². The van der Waals surface area contributed by atoms with E-state index >= 15 is 0 Å². The molecule has 1 fully saturated rings. The summed E-state index contributed by atoms with van der Waals surface area (Å²) in [6.45, 7) is 10.7. The Kier molecular flexibility index (Phi) is 4.39. The molecule has 1 saturated carbocycles. The lowest BCUT2D eigenvalue weighted by Crippen LogP contribution is -2.34. The first kappa shape index (κ1) is 12.0. The molecule has 2 unspecified atom stereocenters. The monoisotopic (exact) mass is 199 g/mol. The van der Waals surface area contributed by atoms with Crippen molar-refractivity contribution in [1.82, 2.24) is 5.32 Å². The molecule has 0 bridgehead atoms. The van der Waals surface area contributed by atoms with Crippen LogP contribution in [-0.2, 0) is 4.74 Å². The van der Waals surface area contributed by atoms with Gasteiger partial charge in [0.2, 0.25) is 0 Å². The summed E-state index contributed by atoms with van der Waals surface area (Å²) < 4.78 is 5.49. The van der Waals surface area contributed by atoms with E-state index in [0.717, 1.165) is 13.2 Å². The molecule has 1 aliphatic carbocycles. The Balaban J connectivity index is 2.14. The fourth-order valence-electron chi connectivity index (χ4n) is 2.29. The van der Waals surface area contributed by atoms with Gasteiger partial charge in [-0.05, 0) is 38.5 Å². The summed E-state index contributed by atoms with van der Waals surface area (Å²) in [5.74, 6) is 0. The molecule has 0 aliphatic heterocycles. The zero-order valence-electron chi connectivity index (χ0n) is 10.1. The van der Waals surface area contributed by atoms with Gasteiger partial charge in [-0.3, -0.25) is 0 Å². The lowest BCUT2D eigenvalue weighted by molar-refractivity contribution is 0.0738. The second kappa shape index (κ2) is 5.13. The van der Waals surface area contributed by atoms with Gasteiger partial charge >= 0.3 is 0 Å². The van der Waals surface area contributed by atoms with Gasteiger partial charge in [0.1, 0.15) is 0 Å². The molecule has 0 aromatic rings. The van der Waals surface area contributed by atoms with Crippen LogP contribution >= 0.6 is 0 Å². The van der Waals surface area contributed by atoms with Gasteiger partial charge in [0.15, 0.2) is 0 Å². The topological polar surface area (TPSA) is 21.3 Å². The number of hydrogen-bond acceptors (Lipinski definition) is 2. The van der Waals surface area contributed by atoms with Gasteiger partial charge < -0.3 is 10.1 Å². The summed E-state index contributed by atoms with van der Waals surface area (Å²) in [5.41, 5.74) is 0.548. The van der Waals surface area contributed by atoms with Crippen LogP contribution in [0.5, 0.6) is 0 Å². The fourth-order valence-corrected chi connectivity index (χ4v) is 2.29. The third kappa shape index (κ3) is 3.97. The number of rotatable bonds is 5. The Morgan fingerprint density at radius 1 is 1.50 bits per heavy atom. The van der Waals surface area contributed by atoms with Crippen LogP contribution in [0.2, 0.25) is 0 Å². The molecule has 0 spiro atoms. The van der Waals surface area contributed by atoms with Crippen molar-refractivity contribution in [3.63, 3.8) is 0 Å². The fraction of sp³-hybridized carbons (Fsp3) is 1.00. The Morgan fingerprint density at radius 3 is 2.71 bits per heavy atom. The second-order valence-corrected chi connectivity index (χ2v) is 5.28. The lowest BCUT2D eigenvalue weighted by atomic mass is 9.92. The van der Waals surface area contributed by atoms with E-state index in [4.69, 9.17) is 4.74 Å². The average Bonchev–Trinajstić information content (AvgIpc) is 2.43. The maximum atomic E-state index is 5.49. The van der Waals surface area contributed by atoms with Crippen LogP contribution in [0.25, 0.3) is 0 Å². The van der Waals surface area contributed by atoms with E-state index in [2.05, 4.69) is 33.0 Å². The lowest BCUT2D eigenvalue weighted by Gasteiger charge is -2.19. The number of nitrogens with one attached hydrogen (secondary N) is 1. The first-order valence-electron chi connectivity index (χ1n) is 5.88. The molecule has 1 N–H and O–H groups in total. The van der Waals surface area contributed by atoms with Gasteiger partial charge in [0, 0.05) is 19.2 Å². The van der Waals surface area contributed by atoms with E-state index < -0.39 is 0 Å². The Bertz CT molecular complexity index is 168. The first-order chi connectivity index (χ1) is 6.53. The van der Waals surface area contributed by atoms with Gasteiger partial charge in [-0.15, -0.1) is 0 Å². The smallest absolute Gasteiger partial charge is 0.0671 e. The summed E-state index contributed by atoms with van der Waals surface area (Å²) >= 11 is 0. The van der Waals surface area contributed by atoms with Crippen molar-refractivity contribution < 1.29 is 4.74 Å². The molecular formula is C12H25NO. The molecule has 0 heterocycles. The highest BCUT2D eigenvalue weighted by atomic mass is 16.5. The minimum absolute atomic E-state index is 0.351. The summed E-state index contributed by atoms with van der Waals surface area (Å²) in [5, 5.41) is 3.60. The van der Waals surface area contributed by atoms with Crippen molar-refractivity contribution in [3.8, 4) is 0 Å². The third-order valence-electron chi connectivity index (χ3n) is 3.11. The van der Waals surface area contributed by atoms with Gasteiger partial charge in [0.05, 0.1) is 6.10 Å². The normalized spacial score (nSPS) is 27.9. The van der Waals surface area contributed by atoms with Gasteiger partial charge in [-0.1, -0.05) is 13.8 Å². The maximum absolute atomic E-state index is 5.49. The van der Waals surface area contributed by atoms with E-state index in [0.29, 0.717) is 17.6 Å². The quantitative estimate of drug-likeness (QED) is 0.735. The average molecular weight is 199 g/mol. The Labute approximate surface area is 88.4 Å². The predicted octanol–water partition coefficient (Wildman–Crippen LogP) is 2.58. The summed E-state index contributed by atoms with van der Waals surface area (Å²) in [4.78, 5) is 0. The van der Waals surface area contributed by atoms with Crippen LogP contribution in [-0.4, -0.2) is 25.3 Å². The van der Waals surface area contributed by atoms with E-state index in [1.807, 2.05) is 0 Å². The molecular weight excluding hydrogens is 174 g/mol. The molecule has 0 amide bonds. The van der Waals surface area contributed by atoms with Crippen molar-refractivity contribution in [2.75, 3.05) is 13.2 Å². The molecule has 2 nitrogen and oxygen atoms in total. The predicted molar refractivity (Wildman–Crippen MR) is 60.5 cm³/mol. The minimum Gasteiger partial charge on any atom is -0.377 e. The zero-order chi connectivity index (χ0) is 10.6. The van der Waals surface area contributed by atoms with E-state index in [1.54, 1.807) is 0 Å². The number of ether oxygens (including phenoxy) is 1. The highest BCUT2D eigenvalue weighted by Crippen LogP contribution is 2.36. The Hall–Kier alpha value is -0.0800. The summed E-state index contributed by atoms with van der Waals surface area (Å²) in [7, 11) is 0. The zero-order valence-corrected chi connectivity index (χ0v) is 10.1. The Morgan fingerprint density at radius 2 is 2.21 bits per heavy atom. The molecule has 84 valence electrons. The van der Waals surface area contributed by atoms with Crippen LogP contribution in [0.1, 0.15) is 47.0 Å². The largest absolute Gasteiger partial charge is 0.377 e. The van der Waals surface area contributed by atoms with Crippen molar-refractivity contribution >= 4 is 0 Å². The standard InChI is InChI=1S/C12H25NO/c1-5-14-10(2)9-13-11-6-7-12(3,4)8-11/h10-11,13H,5-9H2,1-4H3. The van der Waals surface area contributed by atoms with Crippen LogP contribution in [0, 0.1) is 5.41 Å². The number of hydrogen-bond donors (Lipinski definition) is 1. The third-order valence-corrected chi connectivity index (χ3v) is 3.11. The molecule has 0 saturated heterocycles. The van der Waals surface area contributed by atoms with Crippen molar-refractivity contribution in [2.45, 2.75) is 59.1 Å². The molecule has 2 heteroatoms. The van der Waals surface area contributed by atoms with E-state index in [1.165, 1.54) is 19.3 Å². The minimum atomic E-state index is 0.351. The van der Waals surface area contributed by atoms with Crippen molar-refractivity contribution in [2.24, 2.45) is 5.41 Å². The van der Waals surface area contributed by atoms with E-state index in [9.17, 15) is 0 Å². The SMILES string of the molecule is CCOC(C)CNC1CCC(C)(C)C1. The molecule has 0 aromatic carbocycles. The second-order valence-electron chi connectivity index (χ2n) is 5.28. The molecule has 1 aliphatic rings. The highest BCUT2D eigenvalue weighted by molar-refractivity contribution is 4.86. The van der Waals surface area contributed by atoms with Crippen LogP contribution < -0.4 is 5.32 Å². The molecule has 2 atom stereocenters. The maximum Gasteiger partial charge on any atom is 0.0671 e.